The number of hydrogen-bond acceptors (Lipinski definition) is 2. The van der Waals surface area contributed by atoms with Gasteiger partial charge in [-0.1, -0.05) is 32.9 Å². The molecule has 0 spiro atoms. The standard InChI is InChI=1S/C24H34N2O2/c1-15(24-12-16-9-17(13-24)11-18(10-16)14-24)25-21(27)22(28)26-20-7-5-19(6-8-20)23(2,3)4/h5-8,15-18H,9-14H2,1-4H3,(H,25,27)(H,26,28). The third-order valence-electron chi connectivity index (χ3n) is 7.57. The molecular weight excluding hydrogens is 348 g/mol. The lowest BCUT2D eigenvalue weighted by Gasteiger charge is -2.59. The fourth-order valence-corrected chi connectivity index (χ4v) is 6.36. The molecule has 0 aromatic heterocycles. The van der Waals surface area contributed by atoms with Crippen molar-refractivity contribution < 1.29 is 9.59 Å². The number of benzene rings is 1. The van der Waals surface area contributed by atoms with Crippen molar-refractivity contribution in [2.24, 2.45) is 23.2 Å². The van der Waals surface area contributed by atoms with E-state index in [2.05, 4.69) is 38.3 Å². The molecule has 1 atom stereocenters. The first kappa shape index (κ1) is 19.5. The van der Waals surface area contributed by atoms with Gasteiger partial charge in [-0.15, -0.1) is 0 Å². The Kier molecular flexibility index (Phi) is 4.79. The van der Waals surface area contributed by atoms with Crippen LogP contribution in [0.3, 0.4) is 0 Å². The van der Waals surface area contributed by atoms with Crippen molar-refractivity contribution in [2.45, 2.75) is 77.7 Å². The molecule has 1 unspecified atom stereocenters. The molecule has 2 N–H and O–H groups in total. The van der Waals surface area contributed by atoms with Gasteiger partial charge in [0, 0.05) is 11.7 Å². The van der Waals surface area contributed by atoms with E-state index in [0.29, 0.717) is 5.69 Å². The van der Waals surface area contributed by atoms with E-state index >= 15 is 0 Å². The molecule has 0 aliphatic heterocycles. The van der Waals surface area contributed by atoms with Gasteiger partial charge in [-0.05, 0) is 91.7 Å². The highest BCUT2D eigenvalue weighted by atomic mass is 16.2. The van der Waals surface area contributed by atoms with Crippen LogP contribution in [0.15, 0.2) is 24.3 Å². The van der Waals surface area contributed by atoms with Crippen LogP contribution in [0.5, 0.6) is 0 Å². The smallest absolute Gasteiger partial charge is 0.313 e. The van der Waals surface area contributed by atoms with Gasteiger partial charge in [0.1, 0.15) is 0 Å². The second-order valence-corrected chi connectivity index (χ2v) is 10.8. The molecule has 0 radical (unpaired) electrons. The van der Waals surface area contributed by atoms with Gasteiger partial charge in [-0.2, -0.15) is 0 Å². The lowest BCUT2D eigenvalue weighted by atomic mass is 9.48. The first-order valence-corrected chi connectivity index (χ1v) is 10.9. The maximum Gasteiger partial charge on any atom is 0.313 e. The summed E-state index contributed by atoms with van der Waals surface area (Å²) >= 11 is 0. The molecule has 4 aliphatic rings. The Bertz CT molecular complexity index is 725. The van der Waals surface area contributed by atoms with Gasteiger partial charge in [-0.3, -0.25) is 9.59 Å². The zero-order valence-corrected chi connectivity index (χ0v) is 17.7. The van der Waals surface area contributed by atoms with Gasteiger partial charge in [0.05, 0.1) is 0 Å². The molecule has 4 nitrogen and oxygen atoms in total. The summed E-state index contributed by atoms with van der Waals surface area (Å²) in [7, 11) is 0. The lowest BCUT2D eigenvalue weighted by molar-refractivity contribution is -0.138. The quantitative estimate of drug-likeness (QED) is 0.748. The number of carbonyl (C=O) groups is 2. The predicted octanol–water partition coefficient (Wildman–Crippen LogP) is 4.64. The maximum absolute atomic E-state index is 12.6. The van der Waals surface area contributed by atoms with Crippen molar-refractivity contribution in [1.29, 1.82) is 0 Å². The van der Waals surface area contributed by atoms with Gasteiger partial charge < -0.3 is 10.6 Å². The van der Waals surface area contributed by atoms with Crippen LogP contribution < -0.4 is 10.6 Å². The Morgan fingerprint density at radius 3 is 1.89 bits per heavy atom. The molecule has 4 fully saturated rings. The van der Waals surface area contributed by atoms with Crippen LogP contribution in [0, 0.1) is 23.2 Å². The minimum Gasteiger partial charge on any atom is -0.345 e. The molecule has 5 rings (SSSR count). The fourth-order valence-electron chi connectivity index (χ4n) is 6.36. The highest BCUT2D eigenvalue weighted by Gasteiger charge is 2.53. The minimum absolute atomic E-state index is 0.0578. The number of hydrogen-bond donors (Lipinski definition) is 2. The monoisotopic (exact) mass is 382 g/mol. The predicted molar refractivity (Wildman–Crippen MR) is 112 cm³/mol. The molecule has 0 heterocycles. The first-order chi connectivity index (χ1) is 13.1. The molecule has 1 aromatic carbocycles. The number of amides is 2. The third-order valence-corrected chi connectivity index (χ3v) is 7.57. The Hall–Kier alpha value is -1.84. The Labute approximate surface area is 168 Å². The lowest BCUT2D eigenvalue weighted by Crippen LogP contribution is -2.57. The molecule has 4 saturated carbocycles. The van der Waals surface area contributed by atoms with E-state index in [1.807, 2.05) is 24.3 Å². The van der Waals surface area contributed by atoms with E-state index in [0.717, 1.165) is 17.8 Å². The van der Waals surface area contributed by atoms with Crippen molar-refractivity contribution in [3.05, 3.63) is 29.8 Å². The summed E-state index contributed by atoms with van der Waals surface area (Å²) in [5.74, 6) is 1.42. The van der Waals surface area contributed by atoms with Crippen molar-refractivity contribution in [3.63, 3.8) is 0 Å². The second-order valence-electron chi connectivity index (χ2n) is 10.8. The van der Waals surface area contributed by atoms with E-state index < -0.39 is 11.8 Å². The highest BCUT2D eigenvalue weighted by molar-refractivity contribution is 6.39. The average Bonchev–Trinajstić information content (AvgIpc) is 2.60. The van der Waals surface area contributed by atoms with E-state index in [-0.39, 0.29) is 16.9 Å². The number of nitrogens with one attached hydrogen (secondary N) is 2. The summed E-state index contributed by atoms with van der Waals surface area (Å²) in [6, 6.07) is 7.81. The van der Waals surface area contributed by atoms with Gasteiger partial charge in [0.15, 0.2) is 0 Å². The van der Waals surface area contributed by atoms with E-state index in [1.165, 1.54) is 44.1 Å². The Morgan fingerprint density at radius 2 is 1.43 bits per heavy atom. The van der Waals surface area contributed by atoms with Crippen LogP contribution in [-0.2, 0) is 15.0 Å². The largest absolute Gasteiger partial charge is 0.345 e. The van der Waals surface area contributed by atoms with Crippen LogP contribution in [-0.4, -0.2) is 17.9 Å². The molecule has 28 heavy (non-hydrogen) atoms. The summed E-state index contributed by atoms with van der Waals surface area (Å²) in [5.41, 5.74) is 2.13. The van der Waals surface area contributed by atoms with E-state index in [4.69, 9.17) is 0 Å². The van der Waals surface area contributed by atoms with Crippen molar-refractivity contribution >= 4 is 17.5 Å². The topological polar surface area (TPSA) is 58.2 Å². The average molecular weight is 383 g/mol. The van der Waals surface area contributed by atoms with Gasteiger partial charge >= 0.3 is 11.8 Å². The van der Waals surface area contributed by atoms with Crippen LogP contribution in [0.4, 0.5) is 5.69 Å². The third kappa shape index (κ3) is 3.70. The summed E-state index contributed by atoms with van der Waals surface area (Å²) in [6.45, 7) is 8.57. The minimum atomic E-state index is -0.569. The summed E-state index contributed by atoms with van der Waals surface area (Å²) in [5, 5.41) is 5.79. The molecule has 0 saturated heterocycles. The number of rotatable bonds is 3. The summed E-state index contributed by atoms with van der Waals surface area (Å²) in [4.78, 5) is 25.0. The van der Waals surface area contributed by atoms with Crippen LogP contribution in [0.2, 0.25) is 0 Å². The van der Waals surface area contributed by atoms with Crippen LogP contribution in [0.25, 0.3) is 0 Å². The van der Waals surface area contributed by atoms with Crippen LogP contribution in [0.1, 0.15) is 71.8 Å². The number of carbonyl (C=O) groups excluding carboxylic acids is 2. The molecule has 4 heteroatoms. The zero-order valence-electron chi connectivity index (χ0n) is 17.7. The molecule has 152 valence electrons. The number of anilines is 1. The molecule has 4 bridgehead atoms. The fraction of sp³-hybridized carbons (Fsp3) is 0.667. The normalized spacial score (nSPS) is 32.1. The molecule has 1 aromatic rings. The second kappa shape index (κ2) is 6.89. The van der Waals surface area contributed by atoms with Crippen molar-refractivity contribution in [3.8, 4) is 0 Å². The van der Waals surface area contributed by atoms with Gasteiger partial charge in [-0.25, -0.2) is 0 Å². The van der Waals surface area contributed by atoms with E-state index in [1.54, 1.807) is 0 Å². The first-order valence-electron chi connectivity index (χ1n) is 10.9. The highest BCUT2D eigenvalue weighted by Crippen LogP contribution is 2.61. The Balaban J connectivity index is 1.36. The summed E-state index contributed by atoms with van der Waals surface area (Å²) in [6.07, 6.45) is 7.80. The molecular formula is C24H34N2O2. The van der Waals surface area contributed by atoms with Crippen LogP contribution >= 0.6 is 0 Å². The van der Waals surface area contributed by atoms with Gasteiger partial charge in [0.2, 0.25) is 0 Å². The van der Waals surface area contributed by atoms with Crippen molar-refractivity contribution in [1.82, 2.24) is 5.32 Å². The SMILES string of the molecule is CC(NC(=O)C(=O)Nc1ccc(C(C)(C)C)cc1)C12CC3CC(CC(C3)C1)C2. The zero-order chi connectivity index (χ0) is 20.1. The summed E-state index contributed by atoms with van der Waals surface area (Å²) < 4.78 is 0. The van der Waals surface area contributed by atoms with E-state index in [9.17, 15) is 9.59 Å². The van der Waals surface area contributed by atoms with Crippen molar-refractivity contribution in [2.75, 3.05) is 5.32 Å². The Morgan fingerprint density at radius 1 is 0.929 bits per heavy atom. The van der Waals surface area contributed by atoms with Gasteiger partial charge in [0.25, 0.3) is 0 Å². The molecule has 4 aliphatic carbocycles. The molecule has 2 amide bonds. The maximum atomic E-state index is 12.6.